The molecule has 2 rings (SSSR count). The van der Waals surface area contributed by atoms with Crippen molar-refractivity contribution < 1.29 is 9.90 Å². The molecule has 3 heteroatoms. The molecule has 1 heterocycles. The van der Waals surface area contributed by atoms with Crippen LogP contribution in [0.15, 0.2) is 30.3 Å². The highest BCUT2D eigenvalue weighted by atomic mass is 16.4. The van der Waals surface area contributed by atoms with E-state index in [4.69, 9.17) is 5.11 Å². The van der Waals surface area contributed by atoms with E-state index in [1.165, 1.54) is 5.56 Å². The highest BCUT2D eigenvalue weighted by Gasteiger charge is 2.35. The molecule has 0 unspecified atom stereocenters. The number of rotatable bonds is 5. The minimum absolute atomic E-state index is 0.270. The minimum atomic E-state index is -0.699. The predicted molar refractivity (Wildman–Crippen MR) is 66.8 cm³/mol. The number of nitrogens with zero attached hydrogens (tertiary/aromatic N) is 1. The second kappa shape index (κ2) is 5.32. The molecular formula is C14H19NO2. The predicted octanol–water partition coefficient (Wildman–Crippen LogP) is 2.54. The first-order valence-electron chi connectivity index (χ1n) is 6.19. The van der Waals surface area contributed by atoms with E-state index in [0.29, 0.717) is 12.0 Å². The molecule has 1 aliphatic rings. The minimum Gasteiger partial charge on any atom is -0.481 e. The Bertz CT molecular complexity index is 377. The molecule has 1 aromatic rings. The lowest BCUT2D eigenvalue weighted by molar-refractivity contribution is -0.137. The number of hydrogen-bond acceptors (Lipinski definition) is 2. The molecule has 1 saturated heterocycles. The second-order valence-electron chi connectivity index (χ2n) is 4.83. The van der Waals surface area contributed by atoms with Crippen molar-refractivity contribution in [3.63, 3.8) is 0 Å². The maximum Gasteiger partial charge on any atom is 0.303 e. The maximum absolute atomic E-state index is 10.5. The van der Waals surface area contributed by atoms with Crippen molar-refractivity contribution in [1.29, 1.82) is 0 Å². The number of likely N-dealkylation sites (tertiary alicyclic amines) is 1. The van der Waals surface area contributed by atoms with Crippen molar-refractivity contribution in [2.24, 2.45) is 5.92 Å². The first-order chi connectivity index (χ1) is 8.18. The summed E-state index contributed by atoms with van der Waals surface area (Å²) in [5, 5.41) is 8.63. The summed E-state index contributed by atoms with van der Waals surface area (Å²) in [5.74, 6) is -0.0305. The van der Waals surface area contributed by atoms with Gasteiger partial charge >= 0.3 is 5.97 Å². The van der Waals surface area contributed by atoms with Crippen molar-refractivity contribution in [1.82, 2.24) is 4.90 Å². The van der Waals surface area contributed by atoms with E-state index in [2.05, 4.69) is 36.1 Å². The van der Waals surface area contributed by atoms with Gasteiger partial charge in [0.25, 0.3) is 0 Å². The van der Waals surface area contributed by atoms with Gasteiger partial charge in [-0.3, -0.25) is 9.69 Å². The summed E-state index contributed by atoms with van der Waals surface area (Å²) in [6, 6.07) is 11.0. The Morgan fingerprint density at radius 2 is 2.12 bits per heavy atom. The average molecular weight is 233 g/mol. The molecule has 1 N–H and O–H groups in total. The van der Waals surface area contributed by atoms with Crippen LogP contribution >= 0.6 is 0 Å². The molecule has 0 aliphatic carbocycles. The fourth-order valence-corrected chi connectivity index (χ4v) is 2.66. The Kier molecular flexibility index (Phi) is 3.79. The van der Waals surface area contributed by atoms with Gasteiger partial charge in [-0.15, -0.1) is 0 Å². The summed E-state index contributed by atoms with van der Waals surface area (Å²) in [6.07, 6.45) is 1.01. The lowest BCUT2D eigenvalue weighted by Gasteiger charge is -2.47. The third kappa shape index (κ3) is 2.86. The zero-order chi connectivity index (χ0) is 12.3. The van der Waals surface area contributed by atoms with Crippen LogP contribution in [0.25, 0.3) is 0 Å². The van der Waals surface area contributed by atoms with Crippen LogP contribution in [-0.2, 0) is 4.79 Å². The highest BCUT2D eigenvalue weighted by Crippen LogP contribution is 2.38. The topological polar surface area (TPSA) is 40.5 Å². The number of carbonyl (C=O) groups is 1. The number of hydrogen-bond donors (Lipinski definition) is 1. The summed E-state index contributed by atoms with van der Waals surface area (Å²) in [6.45, 7) is 4.22. The van der Waals surface area contributed by atoms with Gasteiger partial charge in [0.05, 0.1) is 0 Å². The van der Waals surface area contributed by atoms with Crippen molar-refractivity contribution >= 4 is 5.97 Å². The molecular weight excluding hydrogens is 214 g/mol. The standard InChI is InChI=1S/C14H19NO2/c1-11-10-15(9-5-8-13(16)17)14(11)12-6-3-2-4-7-12/h2-4,6-7,11,14H,5,8-10H2,1H3,(H,16,17)/t11-,14+/m1/s1. The lowest BCUT2D eigenvalue weighted by atomic mass is 9.84. The van der Waals surface area contributed by atoms with Gasteiger partial charge in [0.15, 0.2) is 0 Å². The largest absolute Gasteiger partial charge is 0.481 e. The summed E-state index contributed by atoms with van der Waals surface area (Å²) >= 11 is 0. The zero-order valence-corrected chi connectivity index (χ0v) is 10.2. The number of carboxylic acids is 1. The van der Waals surface area contributed by atoms with E-state index in [9.17, 15) is 4.79 Å². The van der Waals surface area contributed by atoms with Crippen LogP contribution < -0.4 is 0 Å². The van der Waals surface area contributed by atoms with Gasteiger partial charge in [0, 0.05) is 19.0 Å². The van der Waals surface area contributed by atoms with Crippen LogP contribution in [0.4, 0.5) is 0 Å². The molecule has 3 nitrogen and oxygen atoms in total. The van der Waals surface area contributed by atoms with Crippen LogP contribution in [0.1, 0.15) is 31.4 Å². The van der Waals surface area contributed by atoms with E-state index in [0.717, 1.165) is 19.5 Å². The average Bonchev–Trinajstić information content (AvgIpc) is 2.28. The van der Waals surface area contributed by atoms with Gasteiger partial charge in [-0.05, 0) is 24.4 Å². The molecule has 0 bridgehead atoms. The van der Waals surface area contributed by atoms with E-state index in [1.807, 2.05) is 6.07 Å². The third-order valence-electron chi connectivity index (χ3n) is 3.43. The fourth-order valence-electron chi connectivity index (χ4n) is 2.66. The molecule has 1 aromatic carbocycles. The fraction of sp³-hybridized carbons (Fsp3) is 0.500. The Hall–Kier alpha value is -1.35. The highest BCUT2D eigenvalue weighted by molar-refractivity contribution is 5.66. The quantitative estimate of drug-likeness (QED) is 0.849. The normalized spacial score (nSPS) is 24.3. The molecule has 1 fully saturated rings. The summed E-state index contributed by atoms with van der Waals surface area (Å²) < 4.78 is 0. The van der Waals surface area contributed by atoms with Gasteiger partial charge < -0.3 is 5.11 Å². The Balaban J connectivity index is 1.90. The number of benzene rings is 1. The van der Waals surface area contributed by atoms with Gasteiger partial charge in [-0.2, -0.15) is 0 Å². The van der Waals surface area contributed by atoms with Gasteiger partial charge in [0.1, 0.15) is 0 Å². The SMILES string of the molecule is C[C@@H]1CN(CCCC(=O)O)[C@@H]1c1ccccc1. The first-order valence-corrected chi connectivity index (χ1v) is 6.19. The lowest BCUT2D eigenvalue weighted by Crippen LogP contribution is -2.48. The van der Waals surface area contributed by atoms with Crippen LogP contribution in [0.2, 0.25) is 0 Å². The molecule has 0 radical (unpaired) electrons. The first kappa shape index (κ1) is 12.1. The molecule has 2 atom stereocenters. The molecule has 0 saturated carbocycles. The van der Waals surface area contributed by atoms with Crippen molar-refractivity contribution in [2.75, 3.05) is 13.1 Å². The third-order valence-corrected chi connectivity index (χ3v) is 3.43. The van der Waals surface area contributed by atoms with Crippen LogP contribution in [0, 0.1) is 5.92 Å². The van der Waals surface area contributed by atoms with Crippen LogP contribution in [0.5, 0.6) is 0 Å². The van der Waals surface area contributed by atoms with E-state index >= 15 is 0 Å². The van der Waals surface area contributed by atoms with Gasteiger partial charge in [0.2, 0.25) is 0 Å². The Morgan fingerprint density at radius 3 is 2.71 bits per heavy atom. The van der Waals surface area contributed by atoms with Crippen molar-refractivity contribution in [3.05, 3.63) is 35.9 Å². The number of aliphatic carboxylic acids is 1. The Morgan fingerprint density at radius 1 is 1.41 bits per heavy atom. The smallest absolute Gasteiger partial charge is 0.303 e. The van der Waals surface area contributed by atoms with Crippen molar-refractivity contribution in [2.45, 2.75) is 25.8 Å². The molecule has 17 heavy (non-hydrogen) atoms. The molecule has 0 spiro atoms. The van der Waals surface area contributed by atoms with E-state index in [-0.39, 0.29) is 6.42 Å². The summed E-state index contributed by atoms with van der Waals surface area (Å²) in [4.78, 5) is 12.9. The molecule has 0 amide bonds. The molecule has 0 aromatic heterocycles. The number of carboxylic acid groups (broad SMARTS) is 1. The maximum atomic E-state index is 10.5. The van der Waals surface area contributed by atoms with E-state index in [1.54, 1.807) is 0 Å². The molecule has 1 aliphatic heterocycles. The zero-order valence-electron chi connectivity index (χ0n) is 10.2. The summed E-state index contributed by atoms with van der Waals surface area (Å²) in [7, 11) is 0. The van der Waals surface area contributed by atoms with Gasteiger partial charge in [-0.1, -0.05) is 37.3 Å². The van der Waals surface area contributed by atoms with Gasteiger partial charge in [-0.25, -0.2) is 0 Å². The van der Waals surface area contributed by atoms with Crippen LogP contribution in [0.3, 0.4) is 0 Å². The summed E-state index contributed by atoms with van der Waals surface area (Å²) in [5.41, 5.74) is 1.35. The Labute approximate surface area is 102 Å². The monoisotopic (exact) mass is 233 g/mol. The molecule has 92 valence electrons. The van der Waals surface area contributed by atoms with E-state index < -0.39 is 5.97 Å². The van der Waals surface area contributed by atoms with Crippen molar-refractivity contribution in [3.8, 4) is 0 Å². The van der Waals surface area contributed by atoms with Crippen LogP contribution in [-0.4, -0.2) is 29.1 Å². The second-order valence-corrected chi connectivity index (χ2v) is 4.83.